The second kappa shape index (κ2) is 6.36. The highest BCUT2D eigenvalue weighted by molar-refractivity contribution is 14.1. The van der Waals surface area contributed by atoms with E-state index in [0.717, 1.165) is 20.4 Å². The van der Waals surface area contributed by atoms with Gasteiger partial charge in [0.25, 0.3) is 5.91 Å². The average molecular weight is 456 g/mol. The SMILES string of the molecule is Cc1ccc(NC(=O)c2ccc3c(c2)CCN3S(C)(=O)=O)cc1I. The first-order chi connectivity index (χ1) is 11.3. The van der Waals surface area contributed by atoms with E-state index in [1.165, 1.54) is 10.6 Å². The number of aryl methyl sites for hydroxylation is 1. The Labute approximate surface area is 155 Å². The van der Waals surface area contributed by atoms with E-state index in [1.807, 2.05) is 25.1 Å². The Morgan fingerprint density at radius 3 is 2.62 bits per heavy atom. The van der Waals surface area contributed by atoms with Crippen LogP contribution in [0.3, 0.4) is 0 Å². The van der Waals surface area contributed by atoms with Gasteiger partial charge in [-0.1, -0.05) is 6.07 Å². The molecule has 126 valence electrons. The zero-order valence-corrected chi connectivity index (χ0v) is 16.3. The van der Waals surface area contributed by atoms with Gasteiger partial charge in [-0.3, -0.25) is 9.10 Å². The molecule has 0 aromatic heterocycles. The van der Waals surface area contributed by atoms with Gasteiger partial charge in [0.1, 0.15) is 0 Å². The molecule has 0 atom stereocenters. The summed E-state index contributed by atoms with van der Waals surface area (Å²) in [5.41, 5.74) is 3.98. The molecule has 0 fully saturated rings. The Balaban J connectivity index is 1.83. The lowest BCUT2D eigenvalue weighted by Gasteiger charge is -2.16. The zero-order valence-electron chi connectivity index (χ0n) is 13.3. The highest BCUT2D eigenvalue weighted by Crippen LogP contribution is 2.31. The Morgan fingerprint density at radius 2 is 1.96 bits per heavy atom. The molecule has 2 aromatic rings. The van der Waals surface area contributed by atoms with E-state index in [4.69, 9.17) is 0 Å². The van der Waals surface area contributed by atoms with Crippen LogP contribution in [-0.4, -0.2) is 27.1 Å². The molecule has 0 bridgehead atoms. The van der Waals surface area contributed by atoms with Crippen molar-refractivity contribution in [2.75, 3.05) is 22.4 Å². The number of benzene rings is 2. The van der Waals surface area contributed by atoms with Crippen molar-refractivity contribution in [1.82, 2.24) is 0 Å². The number of halogens is 1. The van der Waals surface area contributed by atoms with E-state index in [0.29, 0.717) is 24.2 Å². The van der Waals surface area contributed by atoms with Crippen molar-refractivity contribution in [2.24, 2.45) is 0 Å². The first-order valence-electron chi connectivity index (χ1n) is 7.44. The molecule has 24 heavy (non-hydrogen) atoms. The molecule has 5 nitrogen and oxygen atoms in total. The van der Waals surface area contributed by atoms with Crippen LogP contribution in [0.1, 0.15) is 21.5 Å². The van der Waals surface area contributed by atoms with Crippen LogP contribution >= 0.6 is 22.6 Å². The molecule has 1 aliphatic heterocycles. The largest absolute Gasteiger partial charge is 0.322 e. The standard InChI is InChI=1S/C17H17IN2O3S/c1-11-3-5-14(10-15(11)18)19-17(21)13-4-6-16-12(9-13)7-8-20(16)24(2,22)23/h3-6,9-10H,7-8H2,1-2H3,(H,19,21). The van der Waals surface area contributed by atoms with E-state index in [1.54, 1.807) is 18.2 Å². The van der Waals surface area contributed by atoms with Gasteiger partial charge in [-0.05, 0) is 77.4 Å². The van der Waals surface area contributed by atoms with Gasteiger partial charge in [0.15, 0.2) is 0 Å². The first kappa shape index (κ1) is 17.2. The second-order valence-corrected chi connectivity index (χ2v) is 8.92. The molecule has 1 aliphatic rings. The smallest absolute Gasteiger partial charge is 0.255 e. The van der Waals surface area contributed by atoms with Crippen molar-refractivity contribution in [1.29, 1.82) is 0 Å². The number of anilines is 2. The van der Waals surface area contributed by atoms with Crippen molar-refractivity contribution >= 4 is 49.9 Å². The number of carbonyl (C=O) groups is 1. The van der Waals surface area contributed by atoms with Crippen molar-refractivity contribution in [3.05, 3.63) is 56.7 Å². The number of carbonyl (C=O) groups excluding carboxylic acids is 1. The van der Waals surface area contributed by atoms with Gasteiger partial charge in [0.05, 0.1) is 11.9 Å². The quantitative estimate of drug-likeness (QED) is 0.722. The molecule has 2 aromatic carbocycles. The van der Waals surface area contributed by atoms with Crippen LogP contribution in [0.25, 0.3) is 0 Å². The minimum absolute atomic E-state index is 0.199. The molecule has 3 rings (SSSR count). The fraction of sp³-hybridized carbons (Fsp3) is 0.235. The number of fused-ring (bicyclic) bond motifs is 1. The van der Waals surface area contributed by atoms with Crippen molar-refractivity contribution in [3.8, 4) is 0 Å². The fourth-order valence-electron chi connectivity index (χ4n) is 2.73. The Kier molecular flexibility index (Phi) is 4.56. The van der Waals surface area contributed by atoms with E-state index >= 15 is 0 Å². The summed E-state index contributed by atoms with van der Waals surface area (Å²) in [5.74, 6) is -0.199. The summed E-state index contributed by atoms with van der Waals surface area (Å²) in [6.07, 6.45) is 1.81. The zero-order chi connectivity index (χ0) is 17.5. The Morgan fingerprint density at radius 1 is 1.21 bits per heavy atom. The van der Waals surface area contributed by atoms with Gasteiger partial charge in [0.2, 0.25) is 10.0 Å². The monoisotopic (exact) mass is 456 g/mol. The third-order valence-electron chi connectivity index (χ3n) is 4.02. The Hall–Kier alpha value is -1.61. The summed E-state index contributed by atoms with van der Waals surface area (Å²) >= 11 is 2.23. The minimum Gasteiger partial charge on any atom is -0.322 e. The van der Waals surface area contributed by atoms with Crippen LogP contribution in [0.4, 0.5) is 11.4 Å². The van der Waals surface area contributed by atoms with Gasteiger partial charge < -0.3 is 5.32 Å². The van der Waals surface area contributed by atoms with Crippen molar-refractivity contribution in [2.45, 2.75) is 13.3 Å². The summed E-state index contributed by atoms with van der Waals surface area (Å²) < 4.78 is 26.0. The molecule has 0 saturated heterocycles. The van der Waals surface area contributed by atoms with Crippen LogP contribution in [0, 0.1) is 10.5 Å². The van der Waals surface area contributed by atoms with E-state index in [-0.39, 0.29) is 5.91 Å². The summed E-state index contributed by atoms with van der Waals surface area (Å²) in [6, 6.07) is 10.9. The van der Waals surface area contributed by atoms with Gasteiger partial charge >= 0.3 is 0 Å². The van der Waals surface area contributed by atoms with E-state index in [9.17, 15) is 13.2 Å². The maximum Gasteiger partial charge on any atom is 0.255 e. The highest BCUT2D eigenvalue weighted by Gasteiger charge is 2.26. The van der Waals surface area contributed by atoms with E-state index < -0.39 is 10.0 Å². The second-order valence-electron chi connectivity index (χ2n) is 5.85. The summed E-state index contributed by atoms with van der Waals surface area (Å²) in [6.45, 7) is 2.44. The third-order valence-corrected chi connectivity index (χ3v) is 6.37. The summed E-state index contributed by atoms with van der Waals surface area (Å²) in [5, 5.41) is 2.88. The van der Waals surface area contributed by atoms with Crippen LogP contribution in [-0.2, 0) is 16.4 Å². The maximum absolute atomic E-state index is 12.4. The molecule has 1 N–H and O–H groups in total. The summed E-state index contributed by atoms with van der Waals surface area (Å²) in [7, 11) is -3.27. The maximum atomic E-state index is 12.4. The number of hydrogen-bond donors (Lipinski definition) is 1. The number of hydrogen-bond acceptors (Lipinski definition) is 3. The molecule has 0 saturated carbocycles. The predicted molar refractivity (Wildman–Crippen MR) is 104 cm³/mol. The molecular formula is C17H17IN2O3S. The molecule has 0 unspecified atom stereocenters. The third kappa shape index (κ3) is 3.41. The minimum atomic E-state index is -3.27. The topological polar surface area (TPSA) is 66.5 Å². The highest BCUT2D eigenvalue weighted by atomic mass is 127. The fourth-order valence-corrected chi connectivity index (χ4v) is 4.20. The van der Waals surface area contributed by atoms with Gasteiger partial charge in [-0.15, -0.1) is 0 Å². The molecule has 1 amide bonds. The molecule has 1 heterocycles. The first-order valence-corrected chi connectivity index (χ1v) is 10.4. The van der Waals surface area contributed by atoms with E-state index in [2.05, 4.69) is 27.9 Å². The number of nitrogens with one attached hydrogen (secondary N) is 1. The van der Waals surface area contributed by atoms with Crippen molar-refractivity contribution < 1.29 is 13.2 Å². The predicted octanol–water partition coefficient (Wildman–Crippen LogP) is 3.17. The summed E-state index contributed by atoms with van der Waals surface area (Å²) in [4.78, 5) is 12.4. The van der Waals surface area contributed by atoms with Gasteiger partial charge in [-0.2, -0.15) is 0 Å². The van der Waals surface area contributed by atoms with Gasteiger partial charge in [0, 0.05) is 21.4 Å². The normalized spacial score (nSPS) is 13.7. The number of amides is 1. The molecule has 0 spiro atoms. The number of nitrogens with zero attached hydrogens (tertiary/aromatic N) is 1. The van der Waals surface area contributed by atoms with Crippen LogP contribution in [0.15, 0.2) is 36.4 Å². The molecule has 7 heteroatoms. The average Bonchev–Trinajstić information content (AvgIpc) is 2.94. The molecular weight excluding hydrogens is 439 g/mol. The van der Waals surface area contributed by atoms with Crippen LogP contribution in [0.2, 0.25) is 0 Å². The lowest BCUT2D eigenvalue weighted by Crippen LogP contribution is -2.27. The number of rotatable bonds is 3. The van der Waals surface area contributed by atoms with Crippen LogP contribution < -0.4 is 9.62 Å². The van der Waals surface area contributed by atoms with Crippen molar-refractivity contribution in [3.63, 3.8) is 0 Å². The lowest BCUT2D eigenvalue weighted by molar-refractivity contribution is 0.102. The van der Waals surface area contributed by atoms with Crippen LogP contribution in [0.5, 0.6) is 0 Å². The molecule has 0 aliphatic carbocycles. The van der Waals surface area contributed by atoms with Gasteiger partial charge in [-0.25, -0.2) is 8.42 Å². The molecule has 0 radical (unpaired) electrons. The lowest BCUT2D eigenvalue weighted by atomic mass is 10.1. The number of sulfonamides is 1. The Bertz CT molecular complexity index is 925.